The Morgan fingerprint density at radius 3 is 2.83 bits per heavy atom. The van der Waals surface area contributed by atoms with Crippen LogP contribution >= 0.6 is 0 Å². The second-order valence-corrected chi connectivity index (χ2v) is 4.40. The lowest BCUT2D eigenvalue weighted by Crippen LogP contribution is -2.36. The van der Waals surface area contributed by atoms with E-state index < -0.39 is 0 Å². The number of nitrogens with zero attached hydrogens (tertiary/aromatic N) is 1. The molecule has 0 saturated heterocycles. The first kappa shape index (κ1) is 12.7. The third-order valence-corrected chi connectivity index (χ3v) is 2.98. The van der Waals surface area contributed by atoms with Crippen molar-refractivity contribution >= 4 is 11.7 Å². The van der Waals surface area contributed by atoms with Crippen molar-refractivity contribution in [1.29, 1.82) is 0 Å². The number of amides is 2. The summed E-state index contributed by atoms with van der Waals surface area (Å²) < 4.78 is 5.23. The zero-order valence-electron chi connectivity index (χ0n) is 10.6. The number of rotatable bonds is 4. The van der Waals surface area contributed by atoms with Crippen LogP contribution in [0.1, 0.15) is 32.6 Å². The van der Waals surface area contributed by atoms with Crippen LogP contribution in [0.5, 0.6) is 5.88 Å². The molecule has 1 aliphatic rings. The summed E-state index contributed by atoms with van der Waals surface area (Å²) in [6.07, 6.45) is 6.16. The average molecular weight is 249 g/mol. The molecular weight excluding hydrogens is 230 g/mol. The number of hydrogen-bond acceptors (Lipinski definition) is 3. The summed E-state index contributed by atoms with van der Waals surface area (Å²) in [5.41, 5.74) is 0.675. The van der Waals surface area contributed by atoms with Crippen LogP contribution in [0.2, 0.25) is 0 Å². The van der Waals surface area contributed by atoms with Crippen molar-refractivity contribution in [2.75, 3.05) is 11.9 Å². The molecule has 2 amide bonds. The van der Waals surface area contributed by atoms with E-state index >= 15 is 0 Å². The van der Waals surface area contributed by atoms with Gasteiger partial charge in [0.2, 0.25) is 5.88 Å². The Morgan fingerprint density at radius 1 is 1.44 bits per heavy atom. The summed E-state index contributed by atoms with van der Waals surface area (Å²) in [6.45, 7) is 2.49. The van der Waals surface area contributed by atoms with Crippen LogP contribution in [-0.2, 0) is 0 Å². The van der Waals surface area contributed by atoms with Gasteiger partial charge in [0.1, 0.15) is 0 Å². The second kappa shape index (κ2) is 6.23. The Balaban J connectivity index is 1.82. The van der Waals surface area contributed by atoms with Crippen molar-refractivity contribution in [2.45, 2.75) is 38.6 Å². The van der Waals surface area contributed by atoms with Crippen molar-refractivity contribution in [3.8, 4) is 5.88 Å². The Hall–Kier alpha value is -1.78. The highest BCUT2D eigenvalue weighted by Crippen LogP contribution is 2.18. The maximum atomic E-state index is 11.7. The molecule has 2 N–H and O–H groups in total. The van der Waals surface area contributed by atoms with Crippen molar-refractivity contribution in [3.63, 3.8) is 0 Å². The van der Waals surface area contributed by atoms with Crippen molar-refractivity contribution in [2.24, 2.45) is 0 Å². The molecule has 1 aromatic heterocycles. The van der Waals surface area contributed by atoms with Gasteiger partial charge in [-0.05, 0) is 25.8 Å². The Morgan fingerprint density at radius 2 is 2.22 bits per heavy atom. The largest absolute Gasteiger partial charge is 0.478 e. The third kappa shape index (κ3) is 3.61. The molecule has 1 saturated carbocycles. The molecule has 1 aliphatic carbocycles. The fraction of sp³-hybridized carbons (Fsp3) is 0.538. The van der Waals surface area contributed by atoms with Gasteiger partial charge in [-0.2, -0.15) is 0 Å². The Kier molecular flexibility index (Phi) is 4.39. The van der Waals surface area contributed by atoms with Crippen LogP contribution in [-0.4, -0.2) is 23.7 Å². The minimum atomic E-state index is -0.159. The van der Waals surface area contributed by atoms with Gasteiger partial charge in [0.25, 0.3) is 0 Å². The number of carbonyl (C=O) groups excluding carboxylic acids is 1. The van der Waals surface area contributed by atoms with Crippen LogP contribution in [0, 0.1) is 0 Å². The molecule has 0 atom stereocenters. The lowest BCUT2D eigenvalue weighted by Gasteiger charge is -2.12. The van der Waals surface area contributed by atoms with Gasteiger partial charge in [0.15, 0.2) is 0 Å². The van der Waals surface area contributed by atoms with Gasteiger partial charge in [-0.1, -0.05) is 12.8 Å². The first-order valence-electron chi connectivity index (χ1n) is 6.44. The molecule has 0 aromatic carbocycles. The highest BCUT2D eigenvalue weighted by atomic mass is 16.5. The van der Waals surface area contributed by atoms with E-state index in [-0.39, 0.29) is 6.03 Å². The van der Waals surface area contributed by atoms with E-state index in [4.69, 9.17) is 4.74 Å². The minimum Gasteiger partial charge on any atom is -0.478 e. The number of anilines is 1. The second-order valence-electron chi connectivity index (χ2n) is 4.40. The predicted octanol–water partition coefficient (Wildman–Crippen LogP) is 2.54. The quantitative estimate of drug-likeness (QED) is 0.862. The molecule has 0 radical (unpaired) electrons. The molecule has 1 fully saturated rings. The summed E-state index contributed by atoms with van der Waals surface area (Å²) in [6, 6.07) is 3.69. The molecule has 2 rings (SSSR count). The Labute approximate surface area is 107 Å². The fourth-order valence-electron chi connectivity index (χ4n) is 2.11. The number of hydrogen-bond donors (Lipinski definition) is 2. The highest BCUT2D eigenvalue weighted by Gasteiger charge is 2.16. The van der Waals surface area contributed by atoms with Gasteiger partial charge in [-0.15, -0.1) is 0 Å². The third-order valence-electron chi connectivity index (χ3n) is 2.98. The van der Waals surface area contributed by atoms with Gasteiger partial charge >= 0.3 is 6.03 Å². The van der Waals surface area contributed by atoms with Crippen molar-refractivity contribution in [3.05, 3.63) is 18.3 Å². The van der Waals surface area contributed by atoms with E-state index in [1.54, 1.807) is 18.3 Å². The minimum absolute atomic E-state index is 0.159. The van der Waals surface area contributed by atoms with Crippen molar-refractivity contribution < 1.29 is 9.53 Å². The molecule has 0 bridgehead atoms. The van der Waals surface area contributed by atoms with Gasteiger partial charge < -0.3 is 15.4 Å². The molecule has 0 unspecified atom stereocenters. The maximum Gasteiger partial charge on any atom is 0.319 e. The summed E-state index contributed by atoms with van der Waals surface area (Å²) in [5, 5.41) is 5.73. The molecule has 18 heavy (non-hydrogen) atoms. The smallest absolute Gasteiger partial charge is 0.319 e. The maximum absolute atomic E-state index is 11.7. The summed E-state index contributed by atoms with van der Waals surface area (Å²) >= 11 is 0. The van der Waals surface area contributed by atoms with E-state index in [0.717, 1.165) is 12.8 Å². The van der Waals surface area contributed by atoms with E-state index in [9.17, 15) is 4.79 Å². The molecule has 5 nitrogen and oxygen atoms in total. The zero-order valence-corrected chi connectivity index (χ0v) is 10.6. The Bertz CT molecular complexity index is 386. The van der Waals surface area contributed by atoms with Crippen molar-refractivity contribution in [1.82, 2.24) is 10.3 Å². The molecule has 5 heteroatoms. The highest BCUT2D eigenvalue weighted by molar-refractivity contribution is 5.89. The number of ether oxygens (including phenoxy) is 1. The molecule has 98 valence electrons. The van der Waals surface area contributed by atoms with Gasteiger partial charge in [0.05, 0.1) is 18.5 Å². The van der Waals surface area contributed by atoms with Gasteiger partial charge in [-0.3, -0.25) is 0 Å². The van der Waals surface area contributed by atoms with Crippen LogP contribution in [0.3, 0.4) is 0 Å². The van der Waals surface area contributed by atoms with E-state index in [1.807, 2.05) is 6.92 Å². The van der Waals surface area contributed by atoms with Gasteiger partial charge in [-0.25, -0.2) is 9.78 Å². The first-order chi connectivity index (χ1) is 8.78. The predicted molar refractivity (Wildman–Crippen MR) is 69.8 cm³/mol. The number of carbonyl (C=O) groups is 1. The molecule has 1 aromatic rings. The standard InChI is InChI=1S/C13H19N3O2/c1-2-18-12-8-7-11(9-14-12)16-13(17)15-10-5-3-4-6-10/h7-10H,2-6H2,1H3,(H2,15,16,17). The van der Waals surface area contributed by atoms with Gasteiger partial charge in [0, 0.05) is 12.1 Å². The van der Waals surface area contributed by atoms with E-state index in [0.29, 0.717) is 24.2 Å². The van der Waals surface area contributed by atoms with Crippen LogP contribution < -0.4 is 15.4 Å². The topological polar surface area (TPSA) is 63.2 Å². The number of nitrogens with one attached hydrogen (secondary N) is 2. The fourth-order valence-corrected chi connectivity index (χ4v) is 2.11. The molecule has 1 heterocycles. The normalized spacial score (nSPS) is 15.4. The summed E-state index contributed by atoms with van der Waals surface area (Å²) in [7, 11) is 0. The van der Waals surface area contributed by atoms with E-state index in [2.05, 4.69) is 15.6 Å². The molecule has 0 aliphatic heterocycles. The molecule has 0 spiro atoms. The average Bonchev–Trinajstić information content (AvgIpc) is 2.84. The monoisotopic (exact) mass is 249 g/mol. The lowest BCUT2D eigenvalue weighted by atomic mass is 10.2. The SMILES string of the molecule is CCOc1ccc(NC(=O)NC2CCCC2)cn1. The number of urea groups is 1. The summed E-state index contributed by atoms with van der Waals surface area (Å²) in [4.78, 5) is 15.8. The van der Waals surface area contributed by atoms with Crippen LogP contribution in [0.4, 0.5) is 10.5 Å². The lowest BCUT2D eigenvalue weighted by molar-refractivity contribution is 0.248. The zero-order chi connectivity index (χ0) is 12.8. The first-order valence-corrected chi connectivity index (χ1v) is 6.44. The van der Waals surface area contributed by atoms with Crippen LogP contribution in [0.15, 0.2) is 18.3 Å². The van der Waals surface area contributed by atoms with Crippen LogP contribution in [0.25, 0.3) is 0 Å². The molecular formula is C13H19N3O2. The number of pyridine rings is 1. The number of aromatic nitrogens is 1. The summed E-state index contributed by atoms with van der Waals surface area (Å²) in [5.74, 6) is 0.569. The van der Waals surface area contributed by atoms with E-state index in [1.165, 1.54) is 12.8 Å².